The zero-order valence-electron chi connectivity index (χ0n) is 8.68. The van der Waals surface area contributed by atoms with Gasteiger partial charge in [0.1, 0.15) is 5.75 Å². The molecule has 0 aliphatic heterocycles. The van der Waals surface area contributed by atoms with Crippen LogP contribution in [0.3, 0.4) is 0 Å². The van der Waals surface area contributed by atoms with Crippen LogP contribution in [0, 0.1) is 0 Å². The molecule has 2 rings (SSSR count). The van der Waals surface area contributed by atoms with Gasteiger partial charge in [-0.3, -0.25) is 0 Å². The van der Waals surface area contributed by atoms with Gasteiger partial charge in [-0.1, -0.05) is 37.3 Å². The van der Waals surface area contributed by atoms with Gasteiger partial charge >= 0.3 is 0 Å². The molecule has 1 atom stereocenters. The first-order valence-corrected chi connectivity index (χ1v) is 5.13. The van der Waals surface area contributed by atoms with E-state index in [1.165, 1.54) is 5.39 Å². The molecule has 1 N–H and O–H groups in total. The first-order valence-electron chi connectivity index (χ1n) is 5.13. The third-order valence-corrected chi connectivity index (χ3v) is 2.34. The summed E-state index contributed by atoms with van der Waals surface area (Å²) in [6, 6.07) is 13.9. The second-order valence-corrected chi connectivity index (χ2v) is 3.49. The van der Waals surface area contributed by atoms with Gasteiger partial charge in [0.15, 0.2) is 6.29 Å². The zero-order chi connectivity index (χ0) is 10.7. The summed E-state index contributed by atoms with van der Waals surface area (Å²) in [5.74, 6) is 0.711. The van der Waals surface area contributed by atoms with E-state index in [9.17, 15) is 5.11 Å². The standard InChI is InChI=1S/C13H14O2/c1-2-13(14)15-12-8-7-10-5-3-4-6-11(10)9-12/h3-9,13-14H,2H2,1H3. The third-order valence-electron chi connectivity index (χ3n) is 2.34. The van der Waals surface area contributed by atoms with E-state index < -0.39 is 6.29 Å². The predicted molar refractivity (Wildman–Crippen MR) is 60.9 cm³/mol. The van der Waals surface area contributed by atoms with Gasteiger partial charge in [0, 0.05) is 6.42 Å². The van der Waals surface area contributed by atoms with Crippen LogP contribution < -0.4 is 4.74 Å². The second-order valence-electron chi connectivity index (χ2n) is 3.49. The number of aliphatic hydroxyl groups excluding tert-OH is 1. The molecule has 0 amide bonds. The molecular formula is C13H14O2. The van der Waals surface area contributed by atoms with Gasteiger partial charge in [0.25, 0.3) is 0 Å². The lowest BCUT2D eigenvalue weighted by molar-refractivity contribution is -0.0190. The number of ether oxygens (including phenoxy) is 1. The summed E-state index contributed by atoms with van der Waals surface area (Å²) in [5.41, 5.74) is 0. The predicted octanol–water partition coefficient (Wildman–Crippen LogP) is 2.95. The fraction of sp³-hybridized carbons (Fsp3) is 0.231. The van der Waals surface area contributed by atoms with E-state index in [2.05, 4.69) is 6.07 Å². The van der Waals surface area contributed by atoms with Crippen molar-refractivity contribution in [1.82, 2.24) is 0 Å². The molecule has 0 aliphatic carbocycles. The first-order chi connectivity index (χ1) is 7.29. The SMILES string of the molecule is CCC(O)Oc1ccc2ccccc2c1. The number of hydrogen-bond donors (Lipinski definition) is 1. The molecular weight excluding hydrogens is 188 g/mol. The highest BCUT2D eigenvalue weighted by Crippen LogP contribution is 2.21. The summed E-state index contributed by atoms with van der Waals surface area (Å²) in [5, 5.41) is 11.7. The van der Waals surface area contributed by atoms with Crippen molar-refractivity contribution in [3.63, 3.8) is 0 Å². The highest BCUT2D eigenvalue weighted by Gasteiger charge is 2.02. The maximum absolute atomic E-state index is 9.36. The van der Waals surface area contributed by atoms with Crippen LogP contribution in [0.4, 0.5) is 0 Å². The molecule has 2 aromatic carbocycles. The Balaban J connectivity index is 2.30. The molecule has 0 saturated heterocycles. The number of fused-ring (bicyclic) bond motifs is 1. The van der Waals surface area contributed by atoms with Crippen molar-refractivity contribution in [2.45, 2.75) is 19.6 Å². The van der Waals surface area contributed by atoms with Crippen LogP contribution in [0.25, 0.3) is 10.8 Å². The van der Waals surface area contributed by atoms with E-state index in [4.69, 9.17) is 4.74 Å². The smallest absolute Gasteiger partial charge is 0.197 e. The monoisotopic (exact) mass is 202 g/mol. The molecule has 0 saturated carbocycles. The van der Waals surface area contributed by atoms with Crippen molar-refractivity contribution >= 4 is 10.8 Å². The number of aliphatic hydroxyl groups is 1. The van der Waals surface area contributed by atoms with Crippen molar-refractivity contribution in [3.05, 3.63) is 42.5 Å². The minimum atomic E-state index is -0.717. The maximum atomic E-state index is 9.36. The largest absolute Gasteiger partial charge is 0.465 e. The molecule has 0 aliphatic rings. The molecule has 0 fully saturated rings. The molecule has 2 nitrogen and oxygen atoms in total. The van der Waals surface area contributed by atoms with E-state index in [1.807, 2.05) is 43.3 Å². The van der Waals surface area contributed by atoms with Crippen molar-refractivity contribution < 1.29 is 9.84 Å². The average Bonchev–Trinajstić information content (AvgIpc) is 2.29. The summed E-state index contributed by atoms with van der Waals surface area (Å²) in [6.07, 6.45) is -0.126. The summed E-state index contributed by atoms with van der Waals surface area (Å²) in [7, 11) is 0. The van der Waals surface area contributed by atoms with E-state index in [0.29, 0.717) is 12.2 Å². The molecule has 2 aromatic rings. The van der Waals surface area contributed by atoms with Crippen molar-refractivity contribution in [2.75, 3.05) is 0 Å². The quantitative estimate of drug-likeness (QED) is 0.775. The molecule has 78 valence electrons. The lowest BCUT2D eigenvalue weighted by Crippen LogP contribution is -2.13. The first kappa shape index (κ1) is 9.99. The fourth-order valence-electron chi connectivity index (χ4n) is 1.48. The van der Waals surface area contributed by atoms with E-state index in [1.54, 1.807) is 0 Å². The van der Waals surface area contributed by atoms with E-state index >= 15 is 0 Å². The molecule has 1 unspecified atom stereocenters. The lowest BCUT2D eigenvalue weighted by Gasteiger charge is -2.11. The van der Waals surface area contributed by atoms with Crippen molar-refractivity contribution in [2.24, 2.45) is 0 Å². The van der Waals surface area contributed by atoms with Gasteiger partial charge in [-0.15, -0.1) is 0 Å². The summed E-state index contributed by atoms with van der Waals surface area (Å²) >= 11 is 0. The topological polar surface area (TPSA) is 29.5 Å². The highest BCUT2D eigenvalue weighted by molar-refractivity contribution is 5.83. The highest BCUT2D eigenvalue weighted by atomic mass is 16.6. The summed E-state index contributed by atoms with van der Waals surface area (Å²) < 4.78 is 5.33. The molecule has 0 aromatic heterocycles. The van der Waals surface area contributed by atoms with Crippen molar-refractivity contribution in [1.29, 1.82) is 0 Å². The van der Waals surface area contributed by atoms with Crippen LogP contribution >= 0.6 is 0 Å². The third kappa shape index (κ3) is 2.28. The van der Waals surface area contributed by atoms with Crippen LogP contribution in [0.15, 0.2) is 42.5 Å². The maximum Gasteiger partial charge on any atom is 0.197 e. The Kier molecular flexibility index (Phi) is 2.88. The molecule has 0 spiro atoms. The van der Waals surface area contributed by atoms with Gasteiger partial charge in [0.05, 0.1) is 0 Å². The second kappa shape index (κ2) is 4.32. The zero-order valence-corrected chi connectivity index (χ0v) is 8.68. The van der Waals surface area contributed by atoms with E-state index in [-0.39, 0.29) is 0 Å². The van der Waals surface area contributed by atoms with Gasteiger partial charge in [-0.2, -0.15) is 0 Å². The molecule has 2 heteroatoms. The molecule has 0 radical (unpaired) electrons. The minimum Gasteiger partial charge on any atom is -0.465 e. The van der Waals surface area contributed by atoms with Crippen LogP contribution in [0.2, 0.25) is 0 Å². The number of hydrogen-bond acceptors (Lipinski definition) is 2. The van der Waals surface area contributed by atoms with E-state index in [0.717, 1.165) is 5.39 Å². The Morgan fingerprint density at radius 3 is 2.60 bits per heavy atom. The Hall–Kier alpha value is -1.54. The Morgan fingerprint density at radius 1 is 1.13 bits per heavy atom. The van der Waals surface area contributed by atoms with Crippen molar-refractivity contribution in [3.8, 4) is 5.75 Å². The Morgan fingerprint density at radius 2 is 1.87 bits per heavy atom. The van der Waals surface area contributed by atoms with Crippen LogP contribution in [-0.2, 0) is 0 Å². The number of rotatable bonds is 3. The van der Waals surface area contributed by atoms with Gasteiger partial charge in [0.2, 0.25) is 0 Å². The minimum absolute atomic E-state index is 0.590. The molecule has 0 heterocycles. The number of benzene rings is 2. The fourth-order valence-corrected chi connectivity index (χ4v) is 1.48. The van der Waals surface area contributed by atoms with Gasteiger partial charge < -0.3 is 9.84 Å². The summed E-state index contributed by atoms with van der Waals surface area (Å²) in [6.45, 7) is 1.88. The Bertz CT molecular complexity index is 451. The van der Waals surface area contributed by atoms with Gasteiger partial charge in [-0.05, 0) is 22.9 Å². The average molecular weight is 202 g/mol. The van der Waals surface area contributed by atoms with Gasteiger partial charge in [-0.25, -0.2) is 0 Å². The van der Waals surface area contributed by atoms with Crippen LogP contribution in [0.5, 0.6) is 5.75 Å². The van der Waals surface area contributed by atoms with Crippen LogP contribution in [-0.4, -0.2) is 11.4 Å². The molecule has 15 heavy (non-hydrogen) atoms. The van der Waals surface area contributed by atoms with Crippen LogP contribution in [0.1, 0.15) is 13.3 Å². The summed E-state index contributed by atoms with van der Waals surface area (Å²) in [4.78, 5) is 0. The normalized spacial score (nSPS) is 12.7. The lowest BCUT2D eigenvalue weighted by atomic mass is 10.1. The Labute approximate surface area is 89.1 Å². The molecule has 0 bridgehead atoms.